The van der Waals surface area contributed by atoms with E-state index in [0.717, 1.165) is 0 Å². The number of aliphatic imine (C=N–C) groups is 1. The van der Waals surface area contributed by atoms with Crippen molar-refractivity contribution in [2.75, 3.05) is 6.67 Å². The Morgan fingerprint density at radius 2 is 2.70 bits per heavy atom. The Balaban J connectivity index is 2.28. The van der Waals surface area contributed by atoms with Gasteiger partial charge in [0.1, 0.15) is 0 Å². The summed E-state index contributed by atoms with van der Waals surface area (Å²) in [5.74, 6) is 0. The summed E-state index contributed by atoms with van der Waals surface area (Å²) in [6, 6.07) is 0. The first-order valence-corrected chi connectivity index (χ1v) is 2.90. The molecule has 0 saturated carbocycles. The predicted octanol–water partition coefficient (Wildman–Crippen LogP) is 0.0287. The third-order valence-electron chi connectivity index (χ3n) is 1.10. The minimum absolute atomic E-state index is 0.421. The number of ether oxygens (including phenoxy) is 1. The lowest BCUT2D eigenvalue weighted by Crippen LogP contribution is -2.36. The molecule has 2 N–H and O–H groups in total. The lowest BCUT2D eigenvalue weighted by atomic mass is 10.4. The molecular formula is C5H8N2O3. The van der Waals surface area contributed by atoms with Crippen LogP contribution in [-0.2, 0) is 4.74 Å². The summed E-state index contributed by atoms with van der Waals surface area (Å²) in [5.41, 5.74) is 0. The number of nitrogens with zero attached hydrogens (tertiary/aromatic N) is 1. The van der Waals surface area contributed by atoms with Crippen LogP contribution >= 0.6 is 0 Å². The zero-order valence-electron chi connectivity index (χ0n) is 5.28. The molecule has 0 aromatic heterocycles. The Bertz CT molecular complexity index is 157. The zero-order chi connectivity index (χ0) is 7.40. The fourth-order valence-electron chi connectivity index (χ4n) is 0.684. The number of carboxylic acid groups (broad SMARTS) is 1. The molecule has 0 aromatic carbocycles. The van der Waals surface area contributed by atoms with E-state index in [2.05, 4.69) is 15.0 Å². The van der Waals surface area contributed by atoms with Gasteiger partial charge in [0.15, 0.2) is 6.23 Å². The van der Waals surface area contributed by atoms with Gasteiger partial charge in [0.2, 0.25) is 0 Å². The molecule has 0 saturated heterocycles. The summed E-state index contributed by atoms with van der Waals surface area (Å²) >= 11 is 0. The normalized spacial score (nSPS) is 24.2. The molecule has 1 aliphatic rings. The molecule has 5 heteroatoms. The maximum Gasteiger partial charge on any atom is 0.507 e. The van der Waals surface area contributed by atoms with Crippen molar-refractivity contribution < 1.29 is 14.6 Å². The second-order valence-corrected chi connectivity index (χ2v) is 1.84. The number of carbonyl (C=O) groups is 1. The van der Waals surface area contributed by atoms with E-state index in [-0.39, 0.29) is 0 Å². The van der Waals surface area contributed by atoms with Crippen LogP contribution in [-0.4, -0.2) is 30.4 Å². The molecule has 56 valence electrons. The van der Waals surface area contributed by atoms with Gasteiger partial charge in [-0.3, -0.25) is 10.3 Å². The molecule has 0 aromatic rings. The molecule has 10 heavy (non-hydrogen) atoms. The molecular weight excluding hydrogens is 136 g/mol. The number of hydrogen-bond donors (Lipinski definition) is 2. The highest BCUT2D eigenvalue weighted by Gasteiger charge is 2.12. The van der Waals surface area contributed by atoms with Crippen LogP contribution in [0.2, 0.25) is 0 Å². The van der Waals surface area contributed by atoms with Gasteiger partial charge >= 0.3 is 6.16 Å². The second kappa shape index (κ2) is 3.17. The van der Waals surface area contributed by atoms with Gasteiger partial charge in [-0.15, -0.1) is 0 Å². The molecule has 1 unspecified atom stereocenters. The quantitative estimate of drug-likeness (QED) is 0.509. The van der Waals surface area contributed by atoms with Gasteiger partial charge in [-0.25, -0.2) is 4.79 Å². The number of rotatable bonds is 1. The van der Waals surface area contributed by atoms with Crippen molar-refractivity contribution in [3.63, 3.8) is 0 Å². The van der Waals surface area contributed by atoms with E-state index >= 15 is 0 Å². The molecule has 0 radical (unpaired) electrons. The maximum atomic E-state index is 9.96. The van der Waals surface area contributed by atoms with Gasteiger partial charge in [-0.05, 0) is 0 Å². The SMILES string of the molecule is O=C(O)OC1CC=NCN1. The minimum Gasteiger partial charge on any atom is -0.450 e. The van der Waals surface area contributed by atoms with Gasteiger partial charge in [0.05, 0.1) is 6.67 Å². The first-order chi connectivity index (χ1) is 4.79. The standard InChI is InChI=1S/C5H8N2O3/c8-5(9)10-4-1-2-6-3-7-4/h2,4,7H,1,3H2,(H,8,9). The molecule has 0 spiro atoms. The topological polar surface area (TPSA) is 70.9 Å². The van der Waals surface area contributed by atoms with Crippen LogP contribution in [0.3, 0.4) is 0 Å². The molecule has 0 aliphatic carbocycles. The van der Waals surface area contributed by atoms with Crippen molar-refractivity contribution in [2.24, 2.45) is 4.99 Å². The third-order valence-corrected chi connectivity index (χ3v) is 1.10. The summed E-state index contributed by atoms with van der Waals surface area (Å²) < 4.78 is 4.41. The van der Waals surface area contributed by atoms with Gasteiger partial charge < -0.3 is 9.84 Å². The summed E-state index contributed by atoms with van der Waals surface area (Å²) in [7, 11) is 0. The van der Waals surface area contributed by atoms with Crippen molar-refractivity contribution >= 4 is 12.4 Å². The zero-order valence-corrected chi connectivity index (χ0v) is 5.28. The van der Waals surface area contributed by atoms with E-state index in [1.54, 1.807) is 6.21 Å². The average Bonchev–Trinajstić information content (AvgIpc) is 1.88. The van der Waals surface area contributed by atoms with Gasteiger partial charge in [0, 0.05) is 12.6 Å². The van der Waals surface area contributed by atoms with Crippen molar-refractivity contribution in [1.29, 1.82) is 0 Å². The summed E-state index contributed by atoms with van der Waals surface area (Å²) in [4.78, 5) is 13.8. The number of hydrogen-bond acceptors (Lipinski definition) is 4. The van der Waals surface area contributed by atoms with Crippen LogP contribution in [0.5, 0.6) is 0 Å². The molecule has 1 heterocycles. The molecule has 0 fully saturated rings. The maximum absolute atomic E-state index is 9.96. The van der Waals surface area contributed by atoms with E-state index in [9.17, 15) is 4.79 Å². The summed E-state index contributed by atoms with van der Waals surface area (Å²) in [5, 5.41) is 10.9. The highest BCUT2D eigenvalue weighted by molar-refractivity contribution is 5.61. The lowest BCUT2D eigenvalue weighted by Gasteiger charge is -2.16. The summed E-state index contributed by atoms with van der Waals surface area (Å²) in [6.45, 7) is 0.429. The smallest absolute Gasteiger partial charge is 0.450 e. The highest BCUT2D eigenvalue weighted by Crippen LogP contribution is 1.96. The predicted molar refractivity (Wildman–Crippen MR) is 34.0 cm³/mol. The van der Waals surface area contributed by atoms with Gasteiger partial charge in [-0.2, -0.15) is 0 Å². The monoisotopic (exact) mass is 144 g/mol. The molecule has 5 nitrogen and oxygen atoms in total. The van der Waals surface area contributed by atoms with Crippen molar-refractivity contribution in [3.8, 4) is 0 Å². The van der Waals surface area contributed by atoms with Gasteiger partial charge in [-0.1, -0.05) is 0 Å². The van der Waals surface area contributed by atoms with E-state index < -0.39 is 12.4 Å². The molecule has 1 atom stereocenters. The first kappa shape index (κ1) is 7.01. The van der Waals surface area contributed by atoms with E-state index in [4.69, 9.17) is 5.11 Å². The highest BCUT2D eigenvalue weighted by atomic mass is 16.7. The number of nitrogens with one attached hydrogen (secondary N) is 1. The van der Waals surface area contributed by atoms with Crippen LogP contribution in [0.15, 0.2) is 4.99 Å². The lowest BCUT2D eigenvalue weighted by molar-refractivity contribution is 0.0394. The van der Waals surface area contributed by atoms with Crippen LogP contribution in [0.4, 0.5) is 4.79 Å². The molecule has 0 amide bonds. The molecule has 0 bridgehead atoms. The van der Waals surface area contributed by atoms with Crippen LogP contribution in [0, 0.1) is 0 Å². The fraction of sp³-hybridized carbons (Fsp3) is 0.600. The summed E-state index contributed by atoms with van der Waals surface area (Å²) in [6.07, 6.45) is 0.471. The van der Waals surface area contributed by atoms with E-state index in [0.29, 0.717) is 13.1 Å². The van der Waals surface area contributed by atoms with Crippen LogP contribution in [0.1, 0.15) is 6.42 Å². The van der Waals surface area contributed by atoms with Crippen molar-refractivity contribution in [2.45, 2.75) is 12.6 Å². The Labute approximate surface area is 57.7 Å². The Hall–Kier alpha value is -1.10. The van der Waals surface area contributed by atoms with Crippen LogP contribution < -0.4 is 5.32 Å². The second-order valence-electron chi connectivity index (χ2n) is 1.84. The fourth-order valence-corrected chi connectivity index (χ4v) is 0.684. The Morgan fingerprint density at radius 3 is 3.20 bits per heavy atom. The first-order valence-electron chi connectivity index (χ1n) is 2.90. The largest absolute Gasteiger partial charge is 0.507 e. The average molecular weight is 144 g/mol. The van der Waals surface area contributed by atoms with Gasteiger partial charge in [0.25, 0.3) is 0 Å². The minimum atomic E-state index is -1.26. The molecule has 1 aliphatic heterocycles. The molecule has 1 rings (SSSR count). The Morgan fingerprint density at radius 1 is 1.90 bits per heavy atom. The Kier molecular flexibility index (Phi) is 2.22. The van der Waals surface area contributed by atoms with Crippen LogP contribution in [0.25, 0.3) is 0 Å². The van der Waals surface area contributed by atoms with Crippen molar-refractivity contribution in [3.05, 3.63) is 0 Å². The third kappa shape index (κ3) is 2.02. The van der Waals surface area contributed by atoms with Crippen molar-refractivity contribution in [1.82, 2.24) is 5.32 Å². The van der Waals surface area contributed by atoms with E-state index in [1.807, 2.05) is 0 Å². The van der Waals surface area contributed by atoms with E-state index in [1.165, 1.54) is 0 Å².